The van der Waals surface area contributed by atoms with Crippen LogP contribution in [0.1, 0.15) is 26.2 Å². The van der Waals surface area contributed by atoms with Crippen LogP contribution >= 0.6 is 0 Å². The monoisotopic (exact) mass is 221 g/mol. The second-order valence-corrected chi connectivity index (χ2v) is 6.06. The molecule has 5 heteroatoms. The first-order valence-corrected chi connectivity index (χ1v) is 6.76. The average Bonchev–Trinajstić information content (AvgIpc) is 2.16. The lowest BCUT2D eigenvalue weighted by Crippen LogP contribution is -2.39. The van der Waals surface area contributed by atoms with E-state index in [4.69, 9.17) is 5.11 Å². The third-order valence-corrected chi connectivity index (χ3v) is 4.65. The molecule has 0 aliphatic carbocycles. The van der Waals surface area contributed by atoms with Gasteiger partial charge in [0.15, 0.2) is 0 Å². The van der Waals surface area contributed by atoms with E-state index in [1.165, 1.54) is 0 Å². The molecule has 0 aromatic rings. The minimum Gasteiger partial charge on any atom is -0.396 e. The molecule has 1 fully saturated rings. The Morgan fingerprint density at radius 2 is 1.93 bits per heavy atom. The number of aliphatic hydroxyl groups excluding tert-OH is 1. The van der Waals surface area contributed by atoms with Crippen LogP contribution in [0.4, 0.5) is 0 Å². The molecule has 0 saturated carbocycles. The Morgan fingerprint density at radius 1 is 1.36 bits per heavy atom. The van der Waals surface area contributed by atoms with E-state index in [9.17, 15) is 8.42 Å². The van der Waals surface area contributed by atoms with Gasteiger partial charge in [-0.15, -0.1) is 0 Å². The van der Waals surface area contributed by atoms with Crippen LogP contribution in [0.3, 0.4) is 0 Å². The van der Waals surface area contributed by atoms with Crippen LogP contribution in [0.25, 0.3) is 0 Å². The van der Waals surface area contributed by atoms with E-state index < -0.39 is 10.0 Å². The number of sulfonamides is 1. The normalized spacial score (nSPS) is 21.3. The first-order valence-electron chi connectivity index (χ1n) is 5.15. The SMILES string of the molecule is CC1CCN(S(=O)(=O)CCCO)CC1. The Kier molecular flexibility index (Phi) is 4.34. The summed E-state index contributed by atoms with van der Waals surface area (Å²) in [4.78, 5) is 0. The van der Waals surface area contributed by atoms with Crippen molar-refractivity contribution < 1.29 is 13.5 Å². The second kappa shape index (κ2) is 5.09. The summed E-state index contributed by atoms with van der Waals surface area (Å²) in [7, 11) is -3.10. The summed E-state index contributed by atoms with van der Waals surface area (Å²) in [6.45, 7) is 3.39. The van der Waals surface area contributed by atoms with Gasteiger partial charge in [-0.2, -0.15) is 0 Å². The summed E-state index contributed by atoms with van der Waals surface area (Å²) in [5.41, 5.74) is 0. The largest absolute Gasteiger partial charge is 0.396 e. The molecular formula is C9H19NO3S. The molecule has 1 aliphatic rings. The van der Waals surface area contributed by atoms with Crippen LogP contribution in [0.2, 0.25) is 0 Å². The predicted molar refractivity (Wildman–Crippen MR) is 55.5 cm³/mol. The van der Waals surface area contributed by atoms with Crippen molar-refractivity contribution >= 4 is 10.0 Å². The molecular weight excluding hydrogens is 202 g/mol. The van der Waals surface area contributed by atoms with E-state index in [1.807, 2.05) is 0 Å². The van der Waals surface area contributed by atoms with Crippen LogP contribution < -0.4 is 0 Å². The van der Waals surface area contributed by atoms with Crippen molar-refractivity contribution in [3.05, 3.63) is 0 Å². The standard InChI is InChI=1S/C9H19NO3S/c1-9-3-5-10(6-4-9)14(12,13)8-2-7-11/h9,11H,2-8H2,1H3. The number of piperidine rings is 1. The fourth-order valence-electron chi connectivity index (χ4n) is 1.64. The minimum absolute atomic E-state index is 0.0521. The van der Waals surface area contributed by atoms with Crippen molar-refractivity contribution in [2.75, 3.05) is 25.4 Å². The molecule has 4 nitrogen and oxygen atoms in total. The summed E-state index contributed by atoms with van der Waals surface area (Å²) in [6, 6.07) is 0. The first kappa shape index (κ1) is 11.9. The molecule has 1 N–H and O–H groups in total. The molecule has 0 amide bonds. The Morgan fingerprint density at radius 3 is 2.43 bits per heavy atom. The average molecular weight is 221 g/mol. The maximum absolute atomic E-state index is 11.7. The highest BCUT2D eigenvalue weighted by molar-refractivity contribution is 7.89. The van der Waals surface area contributed by atoms with Gasteiger partial charge in [0.2, 0.25) is 10.0 Å². The highest BCUT2D eigenvalue weighted by Crippen LogP contribution is 2.19. The summed E-state index contributed by atoms with van der Waals surface area (Å²) in [6.07, 6.45) is 2.26. The van der Waals surface area contributed by atoms with Crippen LogP contribution in [0.5, 0.6) is 0 Å². The van der Waals surface area contributed by atoms with E-state index in [2.05, 4.69) is 6.92 Å². The molecule has 0 unspecified atom stereocenters. The van der Waals surface area contributed by atoms with Gasteiger partial charge in [-0.05, 0) is 25.2 Å². The van der Waals surface area contributed by atoms with Gasteiger partial charge in [-0.3, -0.25) is 0 Å². The van der Waals surface area contributed by atoms with Crippen LogP contribution in [0.15, 0.2) is 0 Å². The van der Waals surface area contributed by atoms with Crippen LogP contribution in [0, 0.1) is 5.92 Å². The van der Waals surface area contributed by atoms with Gasteiger partial charge in [0.05, 0.1) is 5.75 Å². The van der Waals surface area contributed by atoms with E-state index in [0.717, 1.165) is 12.8 Å². The molecule has 0 radical (unpaired) electrons. The van der Waals surface area contributed by atoms with Crippen LogP contribution in [-0.4, -0.2) is 43.3 Å². The molecule has 1 aliphatic heterocycles. The smallest absolute Gasteiger partial charge is 0.214 e. The fraction of sp³-hybridized carbons (Fsp3) is 1.00. The van der Waals surface area contributed by atoms with E-state index in [0.29, 0.717) is 25.4 Å². The van der Waals surface area contributed by atoms with Crippen molar-refractivity contribution in [3.63, 3.8) is 0 Å². The zero-order valence-electron chi connectivity index (χ0n) is 8.65. The maximum Gasteiger partial charge on any atom is 0.214 e. The predicted octanol–water partition coefficient (Wildman–Crippen LogP) is 0.430. The number of rotatable bonds is 4. The molecule has 84 valence electrons. The van der Waals surface area contributed by atoms with Gasteiger partial charge in [-0.1, -0.05) is 6.92 Å². The zero-order chi connectivity index (χ0) is 10.6. The molecule has 1 heterocycles. The summed E-state index contributed by atoms with van der Waals surface area (Å²) in [5, 5.41) is 8.59. The van der Waals surface area contributed by atoms with E-state index in [-0.39, 0.29) is 12.4 Å². The highest BCUT2D eigenvalue weighted by Gasteiger charge is 2.25. The van der Waals surface area contributed by atoms with Crippen molar-refractivity contribution in [1.29, 1.82) is 0 Å². The molecule has 0 atom stereocenters. The van der Waals surface area contributed by atoms with Gasteiger partial charge in [-0.25, -0.2) is 12.7 Å². The van der Waals surface area contributed by atoms with Crippen molar-refractivity contribution in [2.24, 2.45) is 5.92 Å². The third kappa shape index (κ3) is 3.22. The second-order valence-electron chi connectivity index (χ2n) is 3.97. The minimum atomic E-state index is -3.10. The van der Waals surface area contributed by atoms with Gasteiger partial charge in [0.1, 0.15) is 0 Å². The molecule has 1 saturated heterocycles. The Labute approximate surface area is 86.0 Å². The zero-order valence-corrected chi connectivity index (χ0v) is 9.46. The van der Waals surface area contributed by atoms with Gasteiger partial charge >= 0.3 is 0 Å². The highest BCUT2D eigenvalue weighted by atomic mass is 32.2. The van der Waals surface area contributed by atoms with Gasteiger partial charge < -0.3 is 5.11 Å². The quantitative estimate of drug-likeness (QED) is 0.749. The number of aliphatic hydroxyl groups is 1. The van der Waals surface area contributed by atoms with Crippen molar-refractivity contribution in [1.82, 2.24) is 4.31 Å². The van der Waals surface area contributed by atoms with Gasteiger partial charge in [0, 0.05) is 19.7 Å². The van der Waals surface area contributed by atoms with Crippen molar-refractivity contribution in [3.8, 4) is 0 Å². The lowest BCUT2D eigenvalue weighted by atomic mass is 10.0. The fourth-order valence-corrected chi connectivity index (χ4v) is 3.16. The first-order chi connectivity index (χ1) is 6.56. The van der Waals surface area contributed by atoms with Crippen molar-refractivity contribution in [2.45, 2.75) is 26.2 Å². The maximum atomic E-state index is 11.7. The van der Waals surface area contributed by atoms with E-state index >= 15 is 0 Å². The third-order valence-electron chi connectivity index (χ3n) is 2.70. The molecule has 14 heavy (non-hydrogen) atoms. The summed E-state index contributed by atoms with van der Waals surface area (Å²) < 4.78 is 24.9. The lowest BCUT2D eigenvalue weighted by Gasteiger charge is -2.29. The van der Waals surface area contributed by atoms with E-state index in [1.54, 1.807) is 4.31 Å². The Bertz CT molecular complexity index is 255. The van der Waals surface area contributed by atoms with Gasteiger partial charge in [0.25, 0.3) is 0 Å². The number of nitrogens with zero attached hydrogens (tertiary/aromatic N) is 1. The Balaban J connectivity index is 2.47. The summed E-state index contributed by atoms with van der Waals surface area (Å²) in [5.74, 6) is 0.719. The molecule has 1 rings (SSSR count). The molecule has 0 aromatic heterocycles. The molecule has 0 bridgehead atoms. The number of hydrogen-bond donors (Lipinski definition) is 1. The topological polar surface area (TPSA) is 57.6 Å². The summed E-state index contributed by atoms with van der Waals surface area (Å²) >= 11 is 0. The Hall–Kier alpha value is -0.130. The lowest BCUT2D eigenvalue weighted by molar-refractivity contribution is 0.279. The number of hydrogen-bond acceptors (Lipinski definition) is 3. The molecule has 0 aromatic carbocycles. The molecule has 0 spiro atoms. The van der Waals surface area contributed by atoms with Crippen LogP contribution in [-0.2, 0) is 10.0 Å².